The first kappa shape index (κ1) is 10.1. The molecule has 0 amide bonds. The summed E-state index contributed by atoms with van der Waals surface area (Å²) in [4.78, 5) is 15.7. The van der Waals surface area contributed by atoms with Gasteiger partial charge in [0.15, 0.2) is 0 Å². The van der Waals surface area contributed by atoms with E-state index in [0.717, 1.165) is 31.5 Å². The molecule has 1 saturated heterocycles. The van der Waals surface area contributed by atoms with Gasteiger partial charge in [-0.15, -0.1) is 0 Å². The van der Waals surface area contributed by atoms with Crippen LogP contribution in [0.1, 0.15) is 28.8 Å². The number of piperidine rings is 1. The monoisotopic (exact) mass is 238 g/mol. The molecule has 0 unspecified atom stereocenters. The molecule has 3 rings (SSSR count). The zero-order chi connectivity index (χ0) is 11.2. The molecule has 1 fully saturated rings. The molecule has 3 heterocycles. The SMILES string of the molecule is O=C1OC2(CCNCC2)c2cc(Cl)ncc21. The maximum atomic E-state index is 11.7. The number of esters is 1. The summed E-state index contributed by atoms with van der Waals surface area (Å²) < 4.78 is 5.54. The number of rotatable bonds is 0. The predicted octanol–water partition coefficient (Wildman–Crippen LogP) is 1.48. The summed E-state index contributed by atoms with van der Waals surface area (Å²) in [5.41, 5.74) is 0.995. The number of ether oxygens (including phenoxy) is 1. The minimum Gasteiger partial charge on any atom is -0.450 e. The van der Waals surface area contributed by atoms with Gasteiger partial charge in [-0.2, -0.15) is 0 Å². The van der Waals surface area contributed by atoms with Gasteiger partial charge in [0.05, 0.1) is 5.56 Å². The molecule has 1 aromatic rings. The largest absolute Gasteiger partial charge is 0.450 e. The lowest BCUT2D eigenvalue weighted by Gasteiger charge is -2.33. The third-order valence-corrected chi connectivity index (χ3v) is 3.49. The molecular formula is C11H11ClN2O2. The van der Waals surface area contributed by atoms with E-state index >= 15 is 0 Å². The second kappa shape index (κ2) is 3.43. The summed E-state index contributed by atoms with van der Waals surface area (Å²) in [6.07, 6.45) is 3.11. The van der Waals surface area contributed by atoms with Crippen LogP contribution in [-0.2, 0) is 10.3 Å². The Bertz CT molecular complexity index is 455. The first-order valence-electron chi connectivity index (χ1n) is 5.31. The number of fused-ring (bicyclic) bond motifs is 2. The van der Waals surface area contributed by atoms with E-state index in [1.54, 1.807) is 6.07 Å². The van der Waals surface area contributed by atoms with Gasteiger partial charge in [0.1, 0.15) is 10.8 Å². The summed E-state index contributed by atoms with van der Waals surface area (Å²) in [5, 5.41) is 3.67. The van der Waals surface area contributed by atoms with Crippen LogP contribution in [0.5, 0.6) is 0 Å². The number of carbonyl (C=O) groups is 1. The predicted molar refractivity (Wildman–Crippen MR) is 58.4 cm³/mol. The molecule has 0 aliphatic carbocycles. The minimum atomic E-state index is -0.468. The van der Waals surface area contributed by atoms with Crippen LogP contribution in [-0.4, -0.2) is 24.0 Å². The highest BCUT2D eigenvalue weighted by Crippen LogP contribution is 2.43. The molecule has 2 aliphatic heterocycles. The molecule has 16 heavy (non-hydrogen) atoms. The van der Waals surface area contributed by atoms with Crippen molar-refractivity contribution >= 4 is 17.6 Å². The van der Waals surface area contributed by atoms with Gasteiger partial charge in [0, 0.05) is 24.6 Å². The third-order valence-electron chi connectivity index (χ3n) is 3.28. The van der Waals surface area contributed by atoms with Gasteiger partial charge in [0.2, 0.25) is 0 Å². The Labute approximate surface area is 98.0 Å². The third kappa shape index (κ3) is 1.33. The Morgan fingerprint density at radius 3 is 2.94 bits per heavy atom. The summed E-state index contributed by atoms with van der Waals surface area (Å²) in [6.45, 7) is 1.71. The first-order chi connectivity index (χ1) is 7.71. The maximum Gasteiger partial charge on any atom is 0.341 e. The molecule has 0 saturated carbocycles. The van der Waals surface area contributed by atoms with Crippen LogP contribution in [0, 0.1) is 0 Å². The quantitative estimate of drug-likeness (QED) is 0.550. The second-order valence-electron chi connectivity index (χ2n) is 4.19. The van der Waals surface area contributed by atoms with E-state index in [1.807, 2.05) is 0 Å². The number of nitrogens with zero attached hydrogens (tertiary/aromatic N) is 1. The van der Waals surface area contributed by atoms with Crippen molar-refractivity contribution in [3.8, 4) is 0 Å². The Balaban J connectivity index is 2.12. The second-order valence-corrected chi connectivity index (χ2v) is 4.57. The Morgan fingerprint density at radius 2 is 2.19 bits per heavy atom. The van der Waals surface area contributed by atoms with E-state index < -0.39 is 5.60 Å². The van der Waals surface area contributed by atoms with Crippen LogP contribution >= 0.6 is 11.6 Å². The van der Waals surface area contributed by atoms with Crippen LogP contribution in [0.2, 0.25) is 5.15 Å². The molecule has 1 aromatic heterocycles. The Kier molecular flexibility index (Phi) is 2.16. The zero-order valence-electron chi connectivity index (χ0n) is 8.62. The van der Waals surface area contributed by atoms with E-state index in [0.29, 0.717) is 10.7 Å². The average molecular weight is 239 g/mol. The smallest absolute Gasteiger partial charge is 0.341 e. The standard InChI is InChI=1S/C11H11ClN2O2/c12-9-5-8-7(6-14-9)10(15)16-11(8)1-3-13-4-2-11/h5-6,13H,1-4H2. The molecule has 0 atom stereocenters. The van der Waals surface area contributed by atoms with Gasteiger partial charge in [-0.1, -0.05) is 11.6 Å². The number of hydrogen-bond donors (Lipinski definition) is 1. The minimum absolute atomic E-state index is 0.277. The molecule has 0 aromatic carbocycles. The van der Waals surface area contributed by atoms with Gasteiger partial charge in [-0.05, 0) is 19.2 Å². The van der Waals surface area contributed by atoms with Crippen LogP contribution < -0.4 is 5.32 Å². The van der Waals surface area contributed by atoms with Crippen molar-refractivity contribution in [2.24, 2.45) is 0 Å². The van der Waals surface area contributed by atoms with Crippen LogP contribution in [0.15, 0.2) is 12.3 Å². The Morgan fingerprint density at radius 1 is 1.44 bits per heavy atom. The topological polar surface area (TPSA) is 51.2 Å². The van der Waals surface area contributed by atoms with Crippen molar-refractivity contribution in [2.75, 3.05) is 13.1 Å². The van der Waals surface area contributed by atoms with Crippen molar-refractivity contribution in [3.63, 3.8) is 0 Å². The molecule has 4 nitrogen and oxygen atoms in total. The molecule has 1 spiro atoms. The summed E-state index contributed by atoms with van der Waals surface area (Å²) in [6, 6.07) is 1.76. The lowest BCUT2D eigenvalue weighted by molar-refractivity contribution is -0.0241. The van der Waals surface area contributed by atoms with E-state index in [-0.39, 0.29) is 5.97 Å². The highest BCUT2D eigenvalue weighted by atomic mass is 35.5. The normalized spacial score (nSPS) is 21.9. The number of nitrogens with one attached hydrogen (secondary N) is 1. The van der Waals surface area contributed by atoms with Gasteiger partial charge >= 0.3 is 5.97 Å². The maximum absolute atomic E-state index is 11.7. The molecule has 0 bridgehead atoms. The average Bonchev–Trinajstić information content (AvgIpc) is 2.53. The number of halogens is 1. The molecule has 2 aliphatic rings. The number of hydrogen-bond acceptors (Lipinski definition) is 4. The van der Waals surface area contributed by atoms with Crippen molar-refractivity contribution < 1.29 is 9.53 Å². The number of carbonyl (C=O) groups excluding carboxylic acids is 1. The van der Waals surface area contributed by atoms with E-state index in [9.17, 15) is 4.79 Å². The van der Waals surface area contributed by atoms with Crippen molar-refractivity contribution in [2.45, 2.75) is 18.4 Å². The molecule has 1 N–H and O–H groups in total. The van der Waals surface area contributed by atoms with Crippen molar-refractivity contribution in [1.82, 2.24) is 10.3 Å². The van der Waals surface area contributed by atoms with Crippen LogP contribution in [0.4, 0.5) is 0 Å². The lowest BCUT2D eigenvalue weighted by Crippen LogP contribution is -2.40. The van der Waals surface area contributed by atoms with E-state index in [1.165, 1.54) is 6.20 Å². The van der Waals surface area contributed by atoms with Gasteiger partial charge < -0.3 is 10.1 Å². The highest BCUT2D eigenvalue weighted by Gasteiger charge is 2.46. The first-order valence-corrected chi connectivity index (χ1v) is 5.69. The number of pyridine rings is 1. The molecule has 0 radical (unpaired) electrons. The summed E-state index contributed by atoms with van der Waals surface area (Å²) in [7, 11) is 0. The van der Waals surface area contributed by atoms with Crippen LogP contribution in [0.25, 0.3) is 0 Å². The van der Waals surface area contributed by atoms with E-state index in [4.69, 9.17) is 16.3 Å². The lowest BCUT2D eigenvalue weighted by atomic mass is 9.85. The molecule has 84 valence electrons. The zero-order valence-corrected chi connectivity index (χ0v) is 9.38. The van der Waals surface area contributed by atoms with Crippen molar-refractivity contribution in [1.29, 1.82) is 0 Å². The van der Waals surface area contributed by atoms with Gasteiger partial charge in [-0.25, -0.2) is 9.78 Å². The summed E-state index contributed by atoms with van der Waals surface area (Å²) >= 11 is 5.88. The molecular weight excluding hydrogens is 228 g/mol. The summed E-state index contributed by atoms with van der Waals surface area (Å²) in [5.74, 6) is -0.277. The fraction of sp³-hybridized carbons (Fsp3) is 0.455. The van der Waals surface area contributed by atoms with Crippen molar-refractivity contribution in [3.05, 3.63) is 28.5 Å². The van der Waals surface area contributed by atoms with E-state index in [2.05, 4.69) is 10.3 Å². The van der Waals surface area contributed by atoms with Gasteiger partial charge in [-0.3, -0.25) is 0 Å². The highest BCUT2D eigenvalue weighted by molar-refractivity contribution is 6.29. The fourth-order valence-corrected chi connectivity index (χ4v) is 2.62. The molecule has 5 heteroatoms. The fourth-order valence-electron chi connectivity index (χ4n) is 2.46. The van der Waals surface area contributed by atoms with Crippen LogP contribution in [0.3, 0.4) is 0 Å². The number of aromatic nitrogens is 1. The van der Waals surface area contributed by atoms with Gasteiger partial charge in [0.25, 0.3) is 0 Å². The Hall–Kier alpha value is -1.13.